The maximum absolute atomic E-state index is 3.73. The Kier molecular flexibility index (Phi) is 2.58. The molecular weight excluding hydrogens is 244 g/mol. The van der Waals surface area contributed by atoms with Gasteiger partial charge in [0.1, 0.15) is 0 Å². The third kappa shape index (κ3) is 1.55. The van der Waals surface area contributed by atoms with Gasteiger partial charge < -0.3 is 4.98 Å². The number of allylic oxidation sites excluding steroid dienone is 1. The van der Waals surface area contributed by atoms with Gasteiger partial charge in [-0.25, -0.2) is 0 Å². The number of nitrogens with zero attached hydrogens (tertiary/aromatic N) is 1. The van der Waals surface area contributed by atoms with Crippen molar-refractivity contribution in [3.63, 3.8) is 0 Å². The highest BCUT2D eigenvalue weighted by molar-refractivity contribution is 5.85. The van der Waals surface area contributed by atoms with Gasteiger partial charge in [0.05, 0.1) is 5.54 Å². The molecule has 1 unspecified atom stereocenters. The van der Waals surface area contributed by atoms with Gasteiger partial charge in [-0.1, -0.05) is 29.8 Å². The molecule has 0 amide bonds. The van der Waals surface area contributed by atoms with E-state index in [1.54, 1.807) is 11.1 Å². The van der Waals surface area contributed by atoms with Gasteiger partial charge in [0.15, 0.2) is 0 Å². The first-order valence-electron chi connectivity index (χ1n) is 7.71. The number of rotatable bonds is 0. The molecule has 1 saturated heterocycles. The molecule has 0 saturated carbocycles. The summed E-state index contributed by atoms with van der Waals surface area (Å²) in [4.78, 5) is 6.40. The average molecular weight is 266 g/mol. The molecule has 2 aliphatic rings. The molecule has 1 fully saturated rings. The Labute approximate surface area is 120 Å². The maximum atomic E-state index is 3.73. The molecule has 1 N–H and O–H groups in total. The minimum Gasteiger partial charge on any atom is -0.357 e. The zero-order valence-corrected chi connectivity index (χ0v) is 12.4. The Morgan fingerprint density at radius 1 is 1.25 bits per heavy atom. The molecular formula is C18H22N2. The van der Waals surface area contributed by atoms with E-state index in [9.17, 15) is 0 Å². The summed E-state index contributed by atoms with van der Waals surface area (Å²) in [5, 5.41) is 1.43. The number of hydrogen-bond acceptors (Lipinski definition) is 1. The molecule has 2 heteroatoms. The van der Waals surface area contributed by atoms with Crippen LogP contribution < -0.4 is 0 Å². The first kappa shape index (κ1) is 12.2. The predicted octanol–water partition coefficient (Wildman–Crippen LogP) is 3.98. The van der Waals surface area contributed by atoms with Gasteiger partial charge in [0.25, 0.3) is 0 Å². The molecule has 0 spiro atoms. The van der Waals surface area contributed by atoms with Crippen LogP contribution in [0, 0.1) is 0 Å². The van der Waals surface area contributed by atoms with Crippen LogP contribution in [0.2, 0.25) is 0 Å². The van der Waals surface area contributed by atoms with Crippen molar-refractivity contribution in [3.8, 4) is 0 Å². The second kappa shape index (κ2) is 4.23. The van der Waals surface area contributed by atoms with Gasteiger partial charge in [0, 0.05) is 29.7 Å². The fourth-order valence-corrected chi connectivity index (χ4v) is 4.07. The molecule has 2 nitrogen and oxygen atoms in total. The van der Waals surface area contributed by atoms with E-state index in [-0.39, 0.29) is 5.54 Å². The van der Waals surface area contributed by atoms with E-state index >= 15 is 0 Å². The van der Waals surface area contributed by atoms with Crippen molar-refractivity contribution in [1.82, 2.24) is 9.88 Å². The predicted molar refractivity (Wildman–Crippen MR) is 83.9 cm³/mol. The monoisotopic (exact) mass is 266 g/mol. The van der Waals surface area contributed by atoms with Crippen LogP contribution in [0.1, 0.15) is 37.9 Å². The summed E-state index contributed by atoms with van der Waals surface area (Å²) in [7, 11) is 0. The van der Waals surface area contributed by atoms with Crippen LogP contribution in [0.3, 0.4) is 0 Å². The third-order valence-electron chi connectivity index (χ3n) is 5.42. The van der Waals surface area contributed by atoms with Gasteiger partial charge in [-0.3, -0.25) is 4.90 Å². The van der Waals surface area contributed by atoms with E-state index in [0.717, 1.165) is 6.54 Å². The van der Waals surface area contributed by atoms with Crippen LogP contribution in [-0.2, 0) is 12.0 Å². The third-order valence-corrected chi connectivity index (χ3v) is 5.42. The van der Waals surface area contributed by atoms with Crippen molar-refractivity contribution in [2.45, 2.75) is 38.6 Å². The molecule has 0 aliphatic carbocycles. The van der Waals surface area contributed by atoms with E-state index in [0.29, 0.717) is 0 Å². The van der Waals surface area contributed by atoms with Crippen molar-refractivity contribution in [2.24, 2.45) is 0 Å². The smallest absolute Gasteiger partial charge is 0.0592 e. The van der Waals surface area contributed by atoms with Crippen LogP contribution >= 0.6 is 0 Å². The van der Waals surface area contributed by atoms with Crippen LogP contribution in [0.4, 0.5) is 0 Å². The Bertz CT molecular complexity index is 695. The molecule has 4 rings (SSSR count). The van der Waals surface area contributed by atoms with Crippen LogP contribution in [0.25, 0.3) is 10.9 Å². The molecule has 20 heavy (non-hydrogen) atoms. The Morgan fingerprint density at radius 2 is 2.10 bits per heavy atom. The molecule has 1 aromatic carbocycles. The van der Waals surface area contributed by atoms with Crippen molar-refractivity contribution >= 4 is 10.9 Å². The number of fused-ring (bicyclic) bond motifs is 5. The second-order valence-electron chi connectivity index (χ2n) is 6.42. The normalized spacial score (nSPS) is 28.6. The number of para-hydroxylation sites is 1. The number of hydrogen-bond donors (Lipinski definition) is 1. The first-order valence-corrected chi connectivity index (χ1v) is 7.71. The lowest BCUT2D eigenvalue weighted by molar-refractivity contribution is 0.0687. The molecule has 2 aromatic rings. The zero-order chi connectivity index (χ0) is 13.7. The number of aromatic nitrogens is 1. The van der Waals surface area contributed by atoms with Crippen molar-refractivity contribution in [3.05, 3.63) is 47.2 Å². The minimum absolute atomic E-state index is 0.194. The largest absolute Gasteiger partial charge is 0.357 e. The topological polar surface area (TPSA) is 19.0 Å². The minimum atomic E-state index is 0.194. The molecule has 0 radical (unpaired) electrons. The Balaban J connectivity index is 1.86. The Hall–Kier alpha value is -1.54. The number of nitrogens with one attached hydrogen (secondary N) is 1. The summed E-state index contributed by atoms with van der Waals surface area (Å²) < 4.78 is 0. The number of benzene rings is 1. The summed E-state index contributed by atoms with van der Waals surface area (Å²) in [6.45, 7) is 6.92. The van der Waals surface area contributed by atoms with E-state index < -0.39 is 0 Å². The fraction of sp³-hybridized carbons (Fsp3) is 0.444. The number of H-pyrrole nitrogens is 1. The maximum Gasteiger partial charge on any atom is 0.0592 e. The van der Waals surface area contributed by atoms with E-state index in [1.165, 1.54) is 42.4 Å². The lowest BCUT2D eigenvalue weighted by atomic mass is 9.78. The quantitative estimate of drug-likeness (QED) is 0.715. The van der Waals surface area contributed by atoms with E-state index in [1.807, 2.05) is 0 Å². The van der Waals surface area contributed by atoms with Crippen LogP contribution in [-0.4, -0.2) is 23.0 Å². The molecule has 1 atom stereocenters. The van der Waals surface area contributed by atoms with Crippen LogP contribution in [0.15, 0.2) is 35.9 Å². The summed E-state index contributed by atoms with van der Waals surface area (Å²) in [5.74, 6) is 0. The van der Waals surface area contributed by atoms with Gasteiger partial charge in [-0.2, -0.15) is 0 Å². The summed E-state index contributed by atoms with van der Waals surface area (Å²) in [6.07, 6.45) is 5.94. The Morgan fingerprint density at radius 3 is 2.95 bits per heavy atom. The standard InChI is InChI=1S/C18H22N2/c1-3-13-8-10-18(2)17-15(9-11-20(18)12-13)14-6-4-5-7-16(14)19-17/h3-7,19H,8-12H2,1-2H3/b13-3+. The van der Waals surface area contributed by atoms with Gasteiger partial charge in [0.2, 0.25) is 0 Å². The lowest BCUT2D eigenvalue weighted by Crippen LogP contribution is -2.52. The van der Waals surface area contributed by atoms with Crippen molar-refractivity contribution < 1.29 is 0 Å². The van der Waals surface area contributed by atoms with Crippen molar-refractivity contribution in [2.75, 3.05) is 13.1 Å². The second-order valence-corrected chi connectivity index (χ2v) is 6.42. The highest BCUT2D eigenvalue weighted by atomic mass is 15.2. The first-order chi connectivity index (χ1) is 9.72. The fourth-order valence-electron chi connectivity index (χ4n) is 4.07. The van der Waals surface area contributed by atoms with Crippen LogP contribution in [0.5, 0.6) is 0 Å². The molecule has 0 bridgehead atoms. The van der Waals surface area contributed by atoms with E-state index in [2.05, 4.69) is 54.1 Å². The number of aromatic amines is 1. The average Bonchev–Trinajstić information content (AvgIpc) is 2.87. The number of piperidine rings is 1. The highest BCUT2D eigenvalue weighted by Crippen LogP contribution is 2.44. The molecule has 2 aliphatic heterocycles. The van der Waals surface area contributed by atoms with Gasteiger partial charge in [-0.15, -0.1) is 0 Å². The highest BCUT2D eigenvalue weighted by Gasteiger charge is 2.42. The summed E-state index contributed by atoms with van der Waals surface area (Å²) >= 11 is 0. The summed E-state index contributed by atoms with van der Waals surface area (Å²) in [5.41, 5.74) is 6.13. The SMILES string of the molecule is C/C=C1\CCC2(C)c3[nH]c4ccccc4c3CCN2C1. The van der Waals surface area contributed by atoms with E-state index in [4.69, 9.17) is 0 Å². The molecule has 1 aromatic heterocycles. The molecule has 3 heterocycles. The molecule has 104 valence electrons. The summed E-state index contributed by atoms with van der Waals surface area (Å²) in [6, 6.07) is 8.76. The van der Waals surface area contributed by atoms with Gasteiger partial charge in [-0.05, 0) is 44.7 Å². The zero-order valence-electron chi connectivity index (χ0n) is 12.4. The van der Waals surface area contributed by atoms with Crippen molar-refractivity contribution in [1.29, 1.82) is 0 Å². The van der Waals surface area contributed by atoms with Gasteiger partial charge >= 0.3 is 0 Å². The lowest BCUT2D eigenvalue weighted by Gasteiger charge is -2.48.